The van der Waals surface area contributed by atoms with Crippen LogP contribution in [0.25, 0.3) is 0 Å². The number of hydrogen-bond donors (Lipinski definition) is 0. The van der Waals surface area contributed by atoms with Crippen molar-refractivity contribution in [1.29, 1.82) is 0 Å². The van der Waals surface area contributed by atoms with Crippen LogP contribution < -0.4 is 0 Å². The molecule has 1 saturated carbocycles. The molecular formula is C28H32O2. The normalized spacial score (nSPS) is 28.7. The fourth-order valence-electron chi connectivity index (χ4n) is 5.96. The van der Waals surface area contributed by atoms with Gasteiger partial charge in [-0.05, 0) is 61.3 Å². The first-order chi connectivity index (χ1) is 14.8. The van der Waals surface area contributed by atoms with E-state index < -0.39 is 0 Å². The average Bonchev–Trinajstić information content (AvgIpc) is 3.57. The number of carbonyl (C=O) groups is 1. The molecule has 4 aliphatic rings. The maximum absolute atomic E-state index is 13.4. The molecule has 0 aromatic carbocycles. The molecule has 0 saturated heterocycles. The van der Waals surface area contributed by atoms with Crippen LogP contribution in [0.15, 0.2) is 82.1 Å². The Kier molecular flexibility index (Phi) is 5.75. The van der Waals surface area contributed by atoms with Crippen molar-refractivity contribution in [3.8, 4) is 0 Å². The van der Waals surface area contributed by atoms with Crippen LogP contribution in [0.2, 0.25) is 0 Å². The first kappa shape index (κ1) is 19.6. The minimum absolute atomic E-state index is 0.0595. The van der Waals surface area contributed by atoms with Crippen LogP contribution in [0.1, 0.15) is 69.5 Å². The van der Waals surface area contributed by atoms with Crippen molar-refractivity contribution in [3.63, 3.8) is 0 Å². The molecule has 3 atom stereocenters. The fraction of sp³-hybridized carbons (Fsp3) is 0.464. The molecule has 156 valence electrons. The Balaban J connectivity index is 1.26. The SMILES string of the molecule is O=C(CCC1=CC=CC1C1CCCCC1)C1C=C(C2=CC=CC2)CC1c1ccco1. The Hall–Kier alpha value is -2.35. The van der Waals surface area contributed by atoms with Gasteiger partial charge in [0.25, 0.3) is 0 Å². The number of ketones is 1. The fourth-order valence-corrected chi connectivity index (χ4v) is 5.96. The minimum Gasteiger partial charge on any atom is -0.469 e. The van der Waals surface area contributed by atoms with Crippen molar-refractivity contribution in [2.45, 2.75) is 63.7 Å². The van der Waals surface area contributed by atoms with Crippen molar-refractivity contribution >= 4 is 5.78 Å². The maximum atomic E-state index is 13.4. The van der Waals surface area contributed by atoms with Crippen molar-refractivity contribution in [2.24, 2.45) is 17.8 Å². The van der Waals surface area contributed by atoms with Crippen LogP contribution in [-0.4, -0.2) is 5.78 Å². The molecule has 0 aliphatic heterocycles. The Morgan fingerprint density at radius 3 is 2.73 bits per heavy atom. The second kappa shape index (κ2) is 8.79. The summed E-state index contributed by atoms with van der Waals surface area (Å²) in [6.45, 7) is 0. The molecular weight excluding hydrogens is 368 g/mol. The summed E-state index contributed by atoms with van der Waals surface area (Å²) in [5.74, 6) is 2.77. The molecule has 2 heteroatoms. The van der Waals surface area contributed by atoms with E-state index in [9.17, 15) is 4.79 Å². The van der Waals surface area contributed by atoms with E-state index in [4.69, 9.17) is 4.42 Å². The number of hydrogen-bond acceptors (Lipinski definition) is 2. The van der Waals surface area contributed by atoms with E-state index in [1.54, 1.807) is 6.26 Å². The molecule has 1 fully saturated rings. The van der Waals surface area contributed by atoms with Gasteiger partial charge in [0, 0.05) is 24.2 Å². The predicted octanol–water partition coefficient (Wildman–Crippen LogP) is 7.24. The summed E-state index contributed by atoms with van der Waals surface area (Å²) in [5, 5.41) is 0. The molecule has 0 N–H and O–H groups in total. The van der Waals surface area contributed by atoms with Crippen LogP contribution >= 0.6 is 0 Å². The molecule has 3 unspecified atom stereocenters. The zero-order chi connectivity index (χ0) is 20.3. The Morgan fingerprint density at radius 1 is 1.07 bits per heavy atom. The highest BCUT2D eigenvalue weighted by Crippen LogP contribution is 2.44. The molecule has 1 aromatic rings. The first-order valence-electron chi connectivity index (χ1n) is 11.8. The quantitative estimate of drug-likeness (QED) is 0.483. The largest absolute Gasteiger partial charge is 0.469 e. The van der Waals surface area contributed by atoms with Crippen molar-refractivity contribution in [2.75, 3.05) is 0 Å². The summed E-state index contributed by atoms with van der Waals surface area (Å²) >= 11 is 0. The second-order valence-corrected chi connectivity index (χ2v) is 9.38. The third-order valence-corrected chi connectivity index (χ3v) is 7.59. The number of rotatable bonds is 7. The van der Waals surface area contributed by atoms with Gasteiger partial charge in [-0.25, -0.2) is 0 Å². The summed E-state index contributed by atoms with van der Waals surface area (Å²) in [6.07, 6.45) is 27.6. The first-order valence-corrected chi connectivity index (χ1v) is 11.8. The van der Waals surface area contributed by atoms with E-state index >= 15 is 0 Å². The van der Waals surface area contributed by atoms with Crippen LogP contribution in [0.5, 0.6) is 0 Å². The van der Waals surface area contributed by atoms with Crippen LogP contribution in [0.4, 0.5) is 0 Å². The Morgan fingerprint density at radius 2 is 1.97 bits per heavy atom. The van der Waals surface area contributed by atoms with E-state index in [-0.39, 0.29) is 11.8 Å². The topological polar surface area (TPSA) is 30.2 Å². The summed E-state index contributed by atoms with van der Waals surface area (Å²) < 4.78 is 5.74. The number of allylic oxidation sites excluding steroid dienone is 10. The van der Waals surface area contributed by atoms with Gasteiger partial charge in [-0.3, -0.25) is 4.79 Å². The molecule has 0 amide bonds. The van der Waals surface area contributed by atoms with E-state index in [1.165, 1.54) is 48.8 Å². The van der Waals surface area contributed by atoms with Gasteiger partial charge in [0.1, 0.15) is 11.5 Å². The molecule has 0 spiro atoms. The van der Waals surface area contributed by atoms with Crippen LogP contribution in [0.3, 0.4) is 0 Å². The lowest BCUT2D eigenvalue weighted by Crippen LogP contribution is -2.20. The van der Waals surface area contributed by atoms with E-state index in [0.29, 0.717) is 18.1 Å². The van der Waals surface area contributed by atoms with E-state index in [1.807, 2.05) is 12.1 Å². The molecule has 2 nitrogen and oxygen atoms in total. The molecule has 1 heterocycles. The molecule has 30 heavy (non-hydrogen) atoms. The number of Topliss-reactive ketones (excluding diaryl/α,β-unsaturated/α-hetero) is 1. The summed E-state index contributed by atoms with van der Waals surface area (Å²) in [4.78, 5) is 13.4. The number of furan rings is 1. The van der Waals surface area contributed by atoms with E-state index in [0.717, 1.165) is 30.9 Å². The lowest BCUT2D eigenvalue weighted by atomic mass is 9.76. The van der Waals surface area contributed by atoms with Gasteiger partial charge >= 0.3 is 0 Å². The second-order valence-electron chi connectivity index (χ2n) is 9.38. The monoisotopic (exact) mass is 400 g/mol. The van der Waals surface area contributed by atoms with Crippen molar-refractivity contribution in [1.82, 2.24) is 0 Å². The van der Waals surface area contributed by atoms with Gasteiger partial charge < -0.3 is 4.42 Å². The average molecular weight is 401 g/mol. The van der Waals surface area contributed by atoms with E-state index in [2.05, 4.69) is 42.5 Å². The lowest BCUT2D eigenvalue weighted by molar-refractivity contribution is -0.122. The standard InChI is InChI=1S/C28H32O2/c29-27(16-15-22-12-6-13-24(22)21-10-2-1-3-11-21)25-18-23(20-8-4-5-9-20)19-26(25)28-14-7-17-30-28/h4-8,12-14,17-18,21,24-26H,1-3,9-11,15-16,19H2. The third-order valence-electron chi connectivity index (χ3n) is 7.59. The summed E-state index contributed by atoms with van der Waals surface area (Å²) in [6, 6.07) is 3.97. The summed E-state index contributed by atoms with van der Waals surface area (Å²) in [5.41, 5.74) is 4.18. The zero-order valence-corrected chi connectivity index (χ0v) is 17.8. The van der Waals surface area contributed by atoms with Crippen molar-refractivity contribution in [3.05, 3.63) is 83.4 Å². The lowest BCUT2D eigenvalue weighted by Gasteiger charge is -2.28. The summed E-state index contributed by atoms with van der Waals surface area (Å²) in [7, 11) is 0. The van der Waals surface area contributed by atoms with Gasteiger partial charge in [-0.2, -0.15) is 0 Å². The molecule has 4 aliphatic carbocycles. The van der Waals surface area contributed by atoms with Gasteiger partial charge in [-0.15, -0.1) is 0 Å². The predicted molar refractivity (Wildman–Crippen MR) is 121 cm³/mol. The maximum Gasteiger partial charge on any atom is 0.140 e. The smallest absolute Gasteiger partial charge is 0.140 e. The zero-order valence-electron chi connectivity index (χ0n) is 17.8. The molecule has 5 rings (SSSR count). The van der Waals surface area contributed by atoms with Gasteiger partial charge in [0.2, 0.25) is 0 Å². The molecule has 0 radical (unpaired) electrons. The highest BCUT2D eigenvalue weighted by molar-refractivity contribution is 5.85. The van der Waals surface area contributed by atoms with Crippen LogP contribution in [-0.2, 0) is 4.79 Å². The molecule has 1 aromatic heterocycles. The van der Waals surface area contributed by atoms with Crippen molar-refractivity contribution < 1.29 is 9.21 Å². The Bertz CT molecular complexity index is 916. The Labute approximate surface area is 180 Å². The van der Waals surface area contributed by atoms with Gasteiger partial charge in [0.15, 0.2) is 0 Å². The highest BCUT2D eigenvalue weighted by Gasteiger charge is 2.36. The van der Waals surface area contributed by atoms with Gasteiger partial charge in [-0.1, -0.05) is 67.4 Å². The van der Waals surface area contributed by atoms with Gasteiger partial charge in [0.05, 0.1) is 6.26 Å². The highest BCUT2D eigenvalue weighted by atomic mass is 16.3. The third kappa shape index (κ3) is 3.97. The number of carbonyl (C=O) groups excluding carboxylic acids is 1. The molecule has 0 bridgehead atoms. The minimum atomic E-state index is -0.0595. The van der Waals surface area contributed by atoms with Crippen LogP contribution in [0, 0.1) is 17.8 Å².